The standard InChI is InChI=1S/C20H32N4.2BrH/c1-5-9-21-15-22(10-6-2)18-14-20-19(13-17(18)21)23(11-7-3)16-24(20)12-8-4;;/h13-16H,5-12H2,1-4H3;2*1H/q+2;;/p-2. The Kier molecular flexibility index (Phi) is 9.31. The highest BCUT2D eigenvalue weighted by atomic mass is 79.9. The third kappa shape index (κ3) is 4.33. The third-order valence-electron chi connectivity index (χ3n) is 4.73. The SMILES string of the molecule is CCCn1c[n+](CCC)c2cc3c(cc21)n(CCC)c[n+]3CCC.[Br-].[Br-]. The molecule has 3 rings (SSSR count). The van der Waals surface area contributed by atoms with Gasteiger partial charge >= 0.3 is 0 Å². The first kappa shape index (κ1) is 23.2. The van der Waals surface area contributed by atoms with Crippen LogP contribution in [-0.4, -0.2) is 9.13 Å². The molecule has 2 heterocycles. The number of rotatable bonds is 8. The van der Waals surface area contributed by atoms with Crippen molar-refractivity contribution in [2.75, 3.05) is 0 Å². The smallest absolute Gasteiger partial charge is 0.244 e. The molecule has 146 valence electrons. The van der Waals surface area contributed by atoms with Gasteiger partial charge in [-0.15, -0.1) is 0 Å². The summed E-state index contributed by atoms with van der Waals surface area (Å²) in [6, 6.07) is 4.82. The zero-order valence-corrected chi connectivity index (χ0v) is 19.7. The summed E-state index contributed by atoms with van der Waals surface area (Å²) in [4.78, 5) is 0. The second-order valence-corrected chi connectivity index (χ2v) is 6.83. The number of imidazole rings is 2. The Hall–Kier alpha value is -0.880. The highest BCUT2D eigenvalue weighted by Crippen LogP contribution is 2.21. The van der Waals surface area contributed by atoms with Crippen LogP contribution in [0.1, 0.15) is 53.4 Å². The van der Waals surface area contributed by atoms with Crippen molar-refractivity contribution in [2.24, 2.45) is 0 Å². The van der Waals surface area contributed by atoms with Gasteiger partial charge in [0.25, 0.3) is 0 Å². The normalized spacial score (nSPS) is 10.9. The minimum atomic E-state index is 0. The molecule has 26 heavy (non-hydrogen) atoms. The first-order valence-electron chi connectivity index (χ1n) is 9.68. The van der Waals surface area contributed by atoms with Gasteiger partial charge in [-0.05, 0) is 25.7 Å². The summed E-state index contributed by atoms with van der Waals surface area (Å²) in [5, 5.41) is 0. The molecule has 3 aromatic rings. The van der Waals surface area contributed by atoms with E-state index in [9.17, 15) is 0 Å². The van der Waals surface area contributed by atoms with Gasteiger partial charge in [-0.1, -0.05) is 27.7 Å². The average molecular weight is 488 g/mol. The molecule has 0 amide bonds. The molecule has 0 saturated carbocycles. The summed E-state index contributed by atoms with van der Waals surface area (Å²) in [5.41, 5.74) is 5.49. The van der Waals surface area contributed by atoms with Gasteiger partial charge in [-0.2, -0.15) is 0 Å². The van der Waals surface area contributed by atoms with E-state index in [0.717, 1.165) is 26.2 Å². The summed E-state index contributed by atoms with van der Waals surface area (Å²) in [6.45, 7) is 13.4. The molecule has 0 spiro atoms. The summed E-state index contributed by atoms with van der Waals surface area (Å²) in [7, 11) is 0. The van der Waals surface area contributed by atoms with E-state index in [-0.39, 0.29) is 34.0 Å². The highest BCUT2D eigenvalue weighted by molar-refractivity contribution is 5.88. The number of aryl methyl sites for hydroxylation is 4. The van der Waals surface area contributed by atoms with E-state index in [2.05, 4.69) is 70.8 Å². The Labute approximate surface area is 178 Å². The number of aromatic nitrogens is 4. The lowest BCUT2D eigenvalue weighted by molar-refractivity contribution is -0.676. The molecule has 6 heteroatoms. The fraction of sp³-hybridized carbons (Fsp3) is 0.600. The van der Waals surface area contributed by atoms with Gasteiger partial charge in [-0.25, -0.2) is 18.3 Å². The number of halogens is 2. The van der Waals surface area contributed by atoms with Gasteiger partial charge in [0.15, 0.2) is 22.1 Å². The van der Waals surface area contributed by atoms with E-state index < -0.39 is 0 Å². The Morgan fingerprint density at radius 3 is 1.42 bits per heavy atom. The van der Waals surface area contributed by atoms with Crippen molar-refractivity contribution in [1.29, 1.82) is 0 Å². The fourth-order valence-electron chi connectivity index (χ4n) is 3.74. The molecule has 0 fully saturated rings. The fourth-order valence-corrected chi connectivity index (χ4v) is 3.74. The highest BCUT2D eigenvalue weighted by Gasteiger charge is 2.22. The van der Waals surface area contributed by atoms with Crippen LogP contribution in [0.3, 0.4) is 0 Å². The Morgan fingerprint density at radius 2 is 1.08 bits per heavy atom. The van der Waals surface area contributed by atoms with Crippen LogP contribution in [-0.2, 0) is 26.2 Å². The topological polar surface area (TPSA) is 17.6 Å². The molecule has 0 aliphatic rings. The predicted molar refractivity (Wildman–Crippen MR) is 99.0 cm³/mol. The molecular weight excluding hydrogens is 456 g/mol. The second-order valence-electron chi connectivity index (χ2n) is 6.83. The lowest BCUT2D eigenvalue weighted by Gasteiger charge is -1.97. The molecule has 0 aliphatic carbocycles. The Morgan fingerprint density at radius 1 is 0.654 bits per heavy atom. The maximum atomic E-state index is 2.43. The van der Waals surface area contributed by atoms with E-state index >= 15 is 0 Å². The van der Waals surface area contributed by atoms with Gasteiger partial charge in [0.1, 0.15) is 0 Å². The van der Waals surface area contributed by atoms with Crippen LogP contribution >= 0.6 is 0 Å². The molecule has 0 N–H and O–H groups in total. The number of hydrogen-bond acceptors (Lipinski definition) is 0. The number of nitrogens with zero attached hydrogens (tertiary/aromatic N) is 4. The predicted octanol–water partition coefficient (Wildman–Crippen LogP) is -2.18. The van der Waals surface area contributed by atoms with Crippen LogP contribution in [0, 0.1) is 0 Å². The minimum absolute atomic E-state index is 0. The van der Waals surface area contributed by atoms with Crippen molar-refractivity contribution < 1.29 is 43.1 Å². The van der Waals surface area contributed by atoms with Crippen LogP contribution in [0.4, 0.5) is 0 Å². The summed E-state index contributed by atoms with van der Waals surface area (Å²) in [6.07, 6.45) is 9.29. The first-order valence-corrected chi connectivity index (χ1v) is 9.68. The third-order valence-corrected chi connectivity index (χ3v) is 4.73. The molecular formula is C20H32Br2N4. The molecule has 0 unspecified atom stereocenters. The summed E-state index contributed by atoms with van der Waals surface area (Å²) < 4.78 is 9.71. The van der Waals surface area contributed by atoms with E-state index in [1.165, 1.54) is 47.8 Å². The van der Waals surface area contributed by atoms with Crippen molar-refractivity contribution >= 4 is 22.1 Å². The van der Waals surface area contributed by atoms with E-state index in [4.69, 9.17) is 0 Å². The molecule has 0 atom stereocenters. The lowest BCUT2D eigenvalue weighted by atomic mass is 10.2. The van der Waals surface area contributed by atoms with Crippen LogP contribution in [0.5, 0.6) is 0 Å². The van der Waals surface area contributed by atoms with Crippen molar-refractivity contribution in [3.8, 4) is 0 Å². The van der Waals surface area contributed by atoms with E-state index in [1.807, 2.05) is 0 Å². The quantitative estimate of drug-likeness (QED) is 0.321. The molecule has 0 aliphatic heterocycles. The van der Waals surface area contributed by atoms with E-state index in [1.54, 1.807) is 0 Å². The molecule has 0 bridgehead atoms. The van der Waals surface area contributed by atoms with Crippen molar-refractivity contribution in [2.45, 2.75) is 79.6 Å². The van der Waals surface area contributed by atoms with Crippen LogP contribution in [0.2, 0.25) is 0 Å². The van der Waals surface area contributed by atoms with Crippen LogP contribution < -0.4 is 43.1 Å². The Bertz CT molecular complexity index is 705. The van der Waals surface area contributed by atoms with Gasteiger partial charge in [0.2, 0.25) is 12.7 Å². The second kappa shape index (κ2) is 10.5. The van der Waals surface area contributed by atoms with Crippen molar-refractivity contribution in [3.05, 3.63) is 24.8 Å². The number of hydrogen-bond donors (Lipinski definition) is 0. The van der Waals surface area contributed by atoms with Gasteiger partial charge in [0, 0.05) is 12.1 Å². The summed E-state index contributed by atoms with van der Waals surface area (Å²) in [5.74, 6) is 0. The largest absolute Gasteiger partial charge is 1.00 e. The number of benzene rings is 1. The van der Waals surface area contributed by atoms with Crippen molar-refractivity contribution in [3.63, 3.8) is 0 Å². The van der Waals surface area contributed by atoms with Crippen molar-refractivity contribution in [1.82, 2.24) is 9.13 Å². The van der Waals surface area contributed by atoms with Crippen LogP contribution in [0.15, 0.2) is 24.8 Å². The zero-order chi connectivity index (χ0) is 17.1. The maximum Gasteiger partial charge on any atom is 0.244 e. The summed E-state index contributed by atoms with van der Waals surface area (Å²) >= 11 is 0. The van der Waals surface area contributed by atoms with Crippen LogP contribution in [0.25, 0.3) is 22.1 Å². The van der Waals surface area contributed by atoms with E-state index in [0.29, 0.717) is 0 Å². The minimum Gasteiger partial charge on any atom is -1.00 e. The molecule has 2 aromatic heterocycles. The first-order chi connectivity index (χ1) is 11.7. The lowest BCUT2D eigenvalue weighted by Crippen LogP contribution is -3.00. The number of fused-ring (bicyclic) bond motifs is 2. The van der Waals surface area contributed by atoms with Gasteiger partial charge in [-0.3, -0.25) is 0 Å². The molecule has 4 nitrogen and oxygen atoms in total. The Balaban J connectivity index is 0.00000169. The zero-order valence-electron chi connectivity index (χ0n) is 16.5. The maximum absolute atomic E-state index is 2.43. The average Bonchev–Trinajstić information content (AvgIpc) is 3.07. The molecule has 0 radical (unpaired) electrons. The molecule has 0 saturated heterocycles. The van der Waals surface area contributed by atoms with Gasteiger partial charge < -0.3 is 34.0 Å². The monoisotopic (exact) mass is 486 g/mol. The molecule has 1 aromatic carbocycles. The van der Waals surface area contributed by atoms with Gasteiger partial charge in [0.05, 0.1) is 26.2 Å².